The zero-order valence-corrected chi connectivity index (χ0v) is 27.1. The third-order valence-electron chi connectivity index (χ3n) is 9.15. The minimum Gasteiger partial charge on any atom is -0.392 e. The van der Waals surface area contributed by atoms with Crippen LogP contribution in [0.15, 0.2) is 0 Å². The van der Waals surface area contributed by atoms with Crippen molar-refractivity contribution in [2.75, 3.05) is 0 Å². The molecule has 12 nitrogen and oxygen atoms in total. The van der Waals surface area contributed by atoms with Gasteiger partial charge in [-0.25, -0.2) is 27.6 Å². The van der Waals surface area contributed by atoms with Crippen LogP contribution < -0.4 is 0 Å². The zero-order valence-electron chi connectivity index (χ0n) is 27.1. The fraction of sp³-hybridized carbons (Fsp3) is 0.704. The zero-order chi connectivity index (χ0) is 41.1. The largest absolute Gasteiger partial charge is 0.406 e. The maximum Gasteiger partial charge on any atom is 0.406 e. The first-order valence-electron chi connectivity index (χ1n) is 13.6. The number of hydrogen-bond donors (Lipinski definition) is 0. The van der Waals surface area contributed by atoms with Gasteiger partial charge in [-0.15, -0.1) is 0 Å². The van der Waals surface area contributed by atoms with E-state index >= 15 is 0 Å². The van der Waals surface area contributed by atoms with Crippen molar-refractivity contribution in [3.05, 3.63) is 0 Å². The Morgan fingerprint density at radius 1 is 0.431 bits per heavy atom. The van der Waals surface area contributed by atoms with Crippen LogP contribution in [-0.2, 0) is 57.3 Å². The van der Waals surface area contributed by atoms with Gasteiger partial charge >= 0.3 is 66.3 Å². The van der Waals surface area contributed by atoms with Crippen molar-refractivity contribution in [1.82, 2.24) is 0 Å². The Kier molecular flexibility index (Phi) is 11.4. The fourth-order valence-electron chi connectivity index (χ4n) is 3.89. The normalized spacial score (nSPS) is 38.0. The van der Waals surface area contributed by atoms with Crippen molar-refractivity contribution in [3.8, 4) is 0 Å². The van der Waals surface area contributed by atoms with E-state index in [1.807, 2.05) is 0 Å². The number of alkyl halides is 12. The summed E-state index contributed by atoms with van der Waals surface area (Å²) in [6, 6.07) is 0. The summed E-state index contributed by atoms with van der Waals surface area (Å²) >= 11 is 0. The minimum atomic E-state index is -5.56. The lowest BCUT2D eigenvalue weighted by molar-refractivity contribution is -0.301. The molecule has 0 aromatic rings. The lowest BCUT2D eigenvalue weighted by atomic mass is 9.66. The van der Waals surface area contributed by atoms with E-state index < -0.39 is 111 Å². The molecule has 4 saturated heterocycles. The van der Waals surface area contributed by atoms with E-state index in [0.717, 1.165) is 13.8 Å². The summed E-state index contributed by atoms with van der Waals surface area (Å²) in [4.78, 5) is 85.4. The molecular formula is C27H26F12O12. The average Bonchev–Trinajstić information content (AvgIpc) is 3.42. The van der Waals surface area contributed by atoms with Crippen molar-refractivity contribution >= 4 is 47.8 Å². The molecule has 0 spiro atoms. The second-order valence-electron chi connectivity index (χ2n) is 12.2. The van der Waals surface area contributed by atoms with E-state index in [1.54, 1.807) is 0 Å². The first-order chi connectivity index (χ1) is 22.3. The molecule has 0 aromatic heterocycles. The molecule has 51 heavy (non-hydrogen) atoms. The van der Waals surface area contributed by atoms with E-state index in [2.05, 4.69) is 18.9 Å². The molecule has 290 valence electrons. The van der Waals surface area contributed by atoms with Crippen LogP contribution in [0.5, 0.6) is 0 Å². The molecule has 8 unspecified atom stereocenters. The van der Waals surface area contributed by atoms with Gasteiger partial charge < -0.3 is 18.9 Å². The van der Waals surface area contributed by atoms with Gasteiger partial charge in [-0.2, -0.15) is 39.5 Å². The van der Waals surface area contributed by atoms with Crippen LogP contribution >= 0.6 is 0 Å². The molecule has 4 aliphatic heterocycles. The van der Waals surface area contributed by atoms with Crippen molar-refractivity contribution in [2.45, 2.75) is 90.9 Å². The van der Waals surface area contributed by atoms with Crippen molar-refractivity contribution in [3.63, 3.8) is 0 Å². The Balaban J connectivity index is 0.000000347. The van der Waals surface area contributed by atoms with E-state index in [-0.39, 0.29) is 13.8 Å². The Morgan fingerprint density at radius 2 is 0.725 bits per heavy atom. The highest BCUT2D eigenvalue weighted by Gasteiger charge is 2.83. The summed E-state index contributed by atoms with van der Waals surface area (Å²) in [5, 5.41) is 0. The number of esters is 8. The van der Waals surface area contributed by atoms with Gasteiger partial charge in [0.25, 0.3) is 0 Å². The van der Waals surface area contributed by atoms with Crippen LogP contribution in [0.3, 0.4) is 0 Å². The maximum atomic E-state index is 13.0. The van der Waals surface area contributed by atoms with Crippen LogP contribution in [0.4, 0.5) is 52.7 Å². The van der Waals surface area contributed by atoms with Crippen LogP contribution in [0.25, 0.3) is 0 Å². The van der Waals surface area contributed by atoms with Gasteiger partial charge in [0.2, 0.25) is 17.0 Å². The standard InChI is InChI=1S/C8H6F6O3.C7H7F3O3.C6H6F2O3.C6H7FO3/c1-5(7(9,10)11)3(15)17-4(16)6(5,2)8(12,13)14;1-3-4(11)13-5(12)6(3,2)7(8,9)10;1-5(7)3(9)11-4(10)6(5,2)8;1-3-4(8)10-5(9)6(3,2)7/h1-2H3;3H,1-2H3;1-2H3;3H,1-2H3. The Hall–Kier alpha value is -4.28. The van der Waals surface area contributed by atoms with Gasteiger partial charge in [-0.05, 0) is 48.5 Å². The Labute approximate surface area is 277 Å². The van der Waals surface area contributed by atoms with Crippen LogP contribution in [0, 0.1) is 28.1 Å². The second-order valence-corrected chi connectivity index (χ2v) is 12.2. The topological polar surface area (TPSA) is 173 Å². The van der Waals surface area contributed by atoms with Gasteiger partial charge in [-0.1, -0.05) is 6.92 Å². The fourth-order valence-corrected chi connectivity index (χ4v) is 3.89. The maximum absolute atomic E-state index is 13.0. The Morgan fingerprint density at radius 3 is 0.863 bits per heavy atom. The van der Waals surface area contributed by atoms with Crippen molar-refractivity contribution in [2.24, 2.45) is 28.1 Å². The third-order valence-corrected chi connectivity index (χ3v) is 9.15. The number of ether oxygens (including phenoxy) is 4. The number of hydrogen-bond acceptors (Lipinski definition) is 12. The summed E-state index contributed by atoms with van der Waals surface area (Å²) in [5.41, 5.74) is -18.4. The smallest absolute Gasteiger partial charge is 0.392 e. The highest BCUT2D eigenvalue weighted by atomic mass is 19.4. The van der Waals surface area contributed by atoms with Crippen molar-refractivity contribution in [1.29, 1.82) is 0 Å². The van der Waals surface area contributed by atoms with Gasteiger partial charge in [0.05, 0.1) is 11.8 Å². The molecular weight excluding hydrogens is 744 g/mol. The molecule has 0 aliphatic carbocycles. The van der Waals surface area contributed by atoms with Gasteiger partial charge in [0.1, 0.15) is 0 Å². The first kappa shape index (κ1) is 44.7. The van der Waals surface area contributed by atoms with Crippen molar-refractivity contribution < 1.29 is 110 Å². The number of cyclic esters (lactones) is 8. The summed E-state index contributed by atoms with van der Waals surface area (Å²) in [7, 11) is 0. The summed E-state index contributed by atoms with van der Waals surface area (Å²) in [6.07, 6.45) is -15.9. The Bertz CT molecular complexity index is 1470. The van der Waals surface area contributed by atoms with Crippen LogP contribution in [0.1, 0.15) is 55.4 Å². The summed E-state index contributed by atoms with van der Waals surface area (Å²) in [5.74, 6) is -14.4. The number of carbonyl (C=O) groups excluding carboxylic acids is 8. The SMILES string of the molecule is CC1(C(F)(F)F)C(=O)OC(=O)C1(C)C(F)(F)F.CC1(F)C(=O)OC(=O)C1(C)F.CC1C(=O)OC(=O)C1(C)C(F)(F)F.CC1C(=O)OC(=O)C1(C)F. The first-order valence-corrected chi connectivity index (χ1v) is 13.6. The molecule has 4 heterocycles. The lowest BCUT2D eigenvalue weighted by Crippen LogP contribution is -2.57. The van der Waals surface area contributed by atoms with E-state index in [9.17, 15) is 91.0 Å². The number of rotatable bonds is 0. The van der Waals surface area contributed by atoms with Crippen LogP contribution in [0.2, 0.25) is 0 Å². The molecule has 4 aliphatic rings. The third kappa shape index (κ3) is 6.88. The predicted octanol–water partition coefficient (Wildman–Crippen LogP) is 4.44. The molecule has 8 atom stereocenters. The van der Waals surface area contributed by atoms with Gasteiger partial charge in [0.15, 0.2) is 16.2 Å². The number of halogens is 12. The highest BCUT2D eigenvalue weighted by Crippen LogP contribution is 2.62. The molecule has 4 rings (SSSR count). The molecule has 0 saturated carbocycles. The molecule has 0 aromatic carbocycles. The average molecular weight is 770 g/mol. The van der Waals surface area contributed by atoms with E-state index in [0.29, 0.717) is 20.8 Å². The molecule has 4 fully saturated rings. The lowest BCUT2D eigenvalue weighted by Gasteiger charge is -2.36. The van der Waals surface area contributed by atoms with Gasteiger partial charge in [-0.3, -0.25) is 24.0 Å². The number of carbonyl (C=O) groups is 8. The molecule has 0 amide bonds. The summed E-state index contributed by atoms with van der Waals surface area (Å²) in [6.45, 7) is 5.45. The summed E-state index contributed by atoms with van der Waals surface area (Å²) < 4.78 is 167. The van der Waals surface area contributed by atoms with Crippen LogP contribution in [-0.4, -0.2) is 83.3 Å². The minimum absolute atomic E-state index is 0.00766. The highest BCUT2D eigenvalue weighted by molar-refractivity contribution is 6.05. The van der Waals surface area contributed by atoms with E-state index in [4.69, 9.17) is 0 Å². The quantitative estimate of drug-likeness (QED) is 0.147. The molecule has 0 N–H and O–H groups in total. The molecule has 24 heteroatoms. The molecule has 0 radical (unpaired) electrons. The van der Waals surface area contributed by atoms with Gasteiger partial charge in [0, 0.05) is 0 Å². The molecule has 0 bridgehead atoms. The monoisotopic (exact) mass is 770 g/mol. The van der Waals surface area contributed by atoms with E-state index in [1.165, 1.54) is 6.92 Å². The second kappa shape index (κ2) is 13.0. The predicted molar refractivity (Wildman–Crippen MR) is 134 cm³/mol.